The van der Waals surface area contributed by atoms with Gasteiger partial charge in [0, 0.05) is 5.57 Å². The van der Waals surface area contributed by atoms with Gasteiger partial charge < -0.3 is 4.74 Å². The van der Waals surface area contributed by atoms with Crippen LogP contribution in [-0.2, 0) is 9.53 Å². The molecule has 11 heavy (non-hydrogen) atoms. The number of carbonyl (C=O) groups is 1. The predicted octanol–water partition coefficient (Wildman–Crippen LogP) is 1.95. The molecule has 0 aromatic carbocycles. The standard InChI is InChI=1S/C9H10O2/c1-7(2)11-9(10)8-5-3-4-6-8/h3-5H,1,6H2,2H3. The van der Waals surface area contributed by atoms with Gasteiger partial charge in [0.05, 0.1) is 5.76 Å². The van der Waals surface area contributed by atoms with E-state index in [1.54, 1.807) is 13.0 Å². The van der Waals surface area contributed by atoms with Crippen molar-refractivity contribution in [1.29, 1.82) is 0 Å². The summed E-state index contributed by atoms with van der Waals surface area (Å²) in [5.41, 5.74) is 0.688. The van der Waals surface area contributed by atoms with Crippen molar-refractivity contribution < 1.29 is 9.53 Å². The molecule has 2 heteroatoms. The van der Waals surface area contributed by atoms with Crippen LogP contribution in [0.2, 0.25) is 0 Å². The molecule has 0 amide bonds. The fraction of sp³-hybridized carbons (Fsp3) is 0.222. The summed E-state index contributed by atoms with van der Waals surface area (Å²) in [5, 5.41) is 0. The Hall–Kier alpha value is -1.31. The zero-order valence-corrected chi connectivity index (χ0v) is 6.46. The van der Waals surface area contributed by atoms with Crippen LogP contribution in [0.15, 0.2) is 36.1 Å². The Balaban J connectivity index is 2.49. The number of ether oxygens (including phenoxy) is 1. The third-order valence-electron chi connectivity index (χ3n) is 1.30. The first-order chi connectivity index (χ1) is 5.20. The first-order valence-corrected chi connectivity index (χ1v) is 3.43. The van der Waals surface area contributed by atoms with E-state index >= 15 is 0 Å². The van der Waals surface area contributed by atoms with Crippen molar-refractivity contribution in [3.63, 3.8) is 0 Å². The van der Waals surface area contributed by atoms with E-state index in [1.165, 1.54) is 0 Å². The molecule has 1 rings (SSSR count). The molecule has 0 saturated carbocycles. The number of esters is 1. The molecule has 58 valence electrons. The van der Waals surface area contributed by atoms with Crippen LogP contribution in [0.25, 0.3) is 0 Å². The SMILES string of the molecule is C=C(C)OC(=O)C1=CC=CC1. The molecule has 2 nitrogen and oxygen atoms in total. The monoisotopic (exact) mass is 150 g/mol. The Morgan fingerprint density at radius 1 is 1.73 bits per heavy atom. The first kappa shape index (κ1) is 7.79. The number of hydrogen-bond donors (Lipinski definition) is 0. The van der Waals surface area contributed by atoms with Gasteiger partial charge in [0.25, 0.3) is 0 Å². The van der Waals surface area contributed by atoms with Crippen LogP contribution in [0.4, 0.5) is 0 Å². The van der Waals surface area contributed by atoms with Gasteiger partial charge in [-0.15, -0.1) is 0 Å². The number of rotatable bonds is 2. The van der Waals surface area contributed by atoms with Crippen LogP contribution in [-0.4, -0.2) is 5.97 Å². The maximum absolute atomic E-state index is 11.1. The summed E-state index contributed by atoms with van der Waals surface area (Å²) in [6.07, 6.45) is 6.18. The third-order valence-corrected chi connectivity index (χ3v) is 1.30. The van der Waals surface area contributed by atoms with E-state index in [4.69, 9.17) is 4.74 Å². The Morgan fingerprint density at radius 3 is 2.91 bits per heavy atom. The average molecular weight is 150 g/mol. The van der Waals surface area contributed by atoms with Crippen molar-refractivity contribution in [3.8, 4) is 0 Å². The lowest BCUT2D eigenvalue weighted by Crippen LogP contribution is -2.04. The molecule has 0 saturated heterocycles. The normalized spacial score (nSPS) is 14.5. The van der Waals surface area contributed by atoms with Gasteiger partial charge in [0.15, 0.2) is 0 Å². The summed E-state index contributed by atoms with van der Waals surface area (Å²) in [7, 11) is 0. The maximum Gasteiger partial charge on any atom is 0.339 e. The molecule has 0 aromatic rings. The Kier molecular flexibility index (Phi) is 2.26. The molecular formula is C9H10O2. The second-order valence-corrected chi connectivity index (χ2v) is 2.42. The lowest BCUT2D eigenvalue weighted by Gasteiger charge is -2.01. The quantitative estimate of drug-likeness (QED) is 0.444. The van der Waals surface area contributed by atoms with Gasteiger partial charge in [0.2, 0.25) is 0 Å². The summed E-state index contributed by atoms with van der Waals surface area (Å²) in [6, 6.07) is 0. The van der Waals surface area contributed by atoms with E-state index in [1.807, 2.05) is 12.2 Å². The Morgan fingerprint density at radius 2 is 2.45 bits per heavy atom. The second kappa shape index (κ2) is 3.19. The van der Waals surface area contributed by atoms with Crippen LogP contribution in [0.3, 0.4) is 0 Å². The Bertz CT molecular complexity index is 246. The molecule has 0 fully saturated rings. The summed E-state index contributed by atoms with van der Waals surface area (Å²) in [4.78, 5) is 11.1. The summed E-state index contributed by atoms with van der Waals surface area (Å²) in [5.74, 6) is 0.144. The van der Waals surface area contributed by atoms with Crippen molar-refractivity contribution in [3.05, 3.63) is 36.1 Å². The molecule has 0 atom stereocenters. The minimum atomic E-state index is -0.289. The highest BCUT2D eigenvalue weighted by Crippen LogP contribution is 2.12. The fourth-order valence-corrected chi connectivity index (χ4v) is 0.822. The van der Waals surface area contributed by atoms with E-state index in [0.717, 1.165) is 0 Å². The lowest BCUT2D eigenvalue weighted by atomic mass is 10.2. The molecular weight excluding hydrogens is 140 g/mol. The summed E-state index contributed by atoms with van der Waals surface area (Å²) >= 11 is 0. The van der Waals surface area contributed by atoms with Crippen molar-refractivity contribution in [2.45, 2.75) is 13.3 Å². The van der Waals surface area contributed by atoms with E-state index in [9.17, 15) is 4.79 Å². The van der Waals surface area contributed by atoms with Gasteiger partial charge >= 0.3 is 5.97 Å². The third kappa shape index (κ3) is 2.08. The first-order valence-electron chi connectivity index (χ1n) is 3.43. The number of carbonyl (C=O) groups excluding carboxylic acids is 1. The van der Waals surface area contributed by atoms with E-state index in [0.29, 0.717) is 17.8 Å². The zero-order chi connectivity index (χ0) is 8.27. The molecule has 0 aromatic heterocycles. The minimum absolute atomic E-state index is 0.289. The van der Waals surface area contributed by atoms with Crippen LogP contribution >= 0.6 is 0 Å². The summed E-state index contributed by atoms with van der Waals surface area (Å²) < 4.78 is 4.79. The highest BCUT2D eigenvalue weighted by Gasteiger charge is 2.11. The zero-order valence-electron chi connectivity index (χ0n) is 6.46. The van der Waals surface area contributed by atoms with Crippen molar-refractivity contribution in [1.82, 2.24) is 0 Å². The van der Waals surface area contributed by atoms with Crippen LogP contribution < -0.4 is 0 Å². The molecule has 0 bridgehead atoms. The van der Waals surface area contributed by atoms with Crippen LogP contribution in [0.5, 0.6) is 0 Å². The molecule has 1 aliphatic rings. The van der Waals surface area contributed by atoms with Crippen molar-refractivity contribution in [2.75, 3.05) is 0 Å². The number of hydrogen-bond acceptors (Lipinski definition) is 2. The Labute approximate surface area is 65.9 Å². The number of allylic oxidation sites excluding steroid dienone is 4. The van der Waals surface area contributed by atoms with Gasteiger partial charge in [0.1, 0.15) is 0 Å². The maximum atomic E-state index is 11.1. The van der Waals surface area contributed by atoms with E-state index < -0.39 is 0 Å². The average Bonchev–Trinajstić information content (AvgIpc) is 2.35. The molecule has 1 aliphatic carbocycles. The van der Waals surface area contributed by atoms with Crippen LogP contribution in [0.1, 0.15) is 13.3 Å². The minimum Gasteiger partial charge on any atom is -0.429 e. The van der Waals surface area contributed by atoms with Crippen LogP contribution in [0, 0.1) is 0 Å². The highest BCUT2D eigenvalue weighted by atomic mass is 16.5. The topological polar surface area (TPSA) is 26.3 Å². The van der Waals surface area contributed by atoms with Crippen molar-refractivity contribution >= 4 is 5.97 Å². The smallest absolute Gasteiger partial charge is 0.339 e. The second-order valence-electron chi connectivity index (χ2n) is 2.42. The van der Waals surface area contributed by atoms with Gasteiger partial charge in [-0.1, -0.05) is 24.8 Å². The highest BCUT2D eigenvalue weighted by molar-refractivity contribution is 5.90. The summed E-state index contributed by atoms with van der Waals surface area (Å²) in [6.45, 7) is 5.13. The molecule has 0 aliphatic heterocycles. The van der Waals surface area contributed by atoms with Crippen molar-refractivity contribution in [2.24, 2.45) is 0 Å². The van der Waals surface area contributed by atoms with Gasteiger partial charge in [-0.25, -0.2) is 4.79 Å². The molecule has 0 N–H and O–H groups in total. The van der Waals surface area contributed by atoms with Gasteiger partial charge in [-0.2, -0.15) is 0 Å². The van der Waals surface area contributed by atoms with E-state index in [-0.39, 0.29) is 5.97 Å². The molecule has 0 spiro atoms. The molecule has 0 radical (unpaired) electrons. The largest absolute Gasteiger partial charge is 0.429 e. The lowest BCUT2D eigenvalue weighted by molar-refractivity contribution is -0.134. The van der Waals surface area contributed by atoms with E-state index in [2.05, 4.69) is 6.58 Å². The van der Waals surface area contributed by atoms with Gasteiger partial charge in [-0.3, -0.25) is 0 Å². The molecule has 0 heterocycles. The molecule has 0 unspecified atom stereocenters. The fourth-order valence-electron chi connectivity index (χ4n) is 0.822. The van der Waals surface area contributed by atoms with Gasteiger partial charge in [-0.05, 0) is 13.3 Å². The predicted molar refractivity (Wildman–Crippen MR) is 42.7 cm³/mol.